The Kier molecular flexibility index (Phi) is 8.67. The van der Waals surface area contributed by atoms with Crippen molar-refractivity contribution in [3.8, 4) is 0 Å². The summed E-state index contributed by atoms with van der Waals surface area (Å²) in [6, 6.07) is 0. The second kappa shape index (κ2) is 10.3. The molecule has 0 aromatic carbocycles. The van der Waals surface area contributed by atoms with Gasteiger partial charge in [-0.1, -0.05) is 97.1 Å². The van der Waals surface area contributed by atoms with Crippen LogP contribution in [0.2, 0.25) is 0 Å². The van der Waals surface area contributed by atoms with Gasteiger partial charge in [-0.05, 0) is 25.8 Å². The summed E-state index contributed by atoms with van der Waals surface area (Å²) in [6.07, 6.45) is 18.5. The van der Waals surface area contributed by atoms with Crippen molar-refractivity contribution in [1.29, 1.82) is 0 Å². The Morgan fingerprint density at radius 1 is 0.962 bits per heavy atom. The predicted molar refractivity (Wildman–Crippen MR) is 113 cm³/mol. The lowest BCUT2D eigenvalue weighted by Gasteiger charge is -2.52. The molecular formula is C24H45NO. The minimum atomic E-state index is -0.171. The molecule has 2 nitrogen and oxygen atoms in total. The van der Waals surface area contributed by atoms with E-state index in [1.165, 1.54) is 82.9 Å². The average molecular weight is 364 g/mol. The molecule has 2 heteroatoms. The lowest BCUT2D eigenvalue weighted by Crippen LogP contribution is -2.51. The molecule has 0 saturated heterocycles. The molecule has 0 aromatic heterocycles. The van der Waals surface area contributed by atoms with Gasteiger partial charge < -0.3 is 5.11 Å². The van der Waals surface area contributed by atoms with Crippen LogP contribution in [0.4, 0.5) is 0 Å². The van der Waals surface area contributed by atoms with Crippen LogP contribution in [-0.4, -0.2) is 35.7 Å². The Hall–Kier alpha value is -0.340. The number of aliphatic hydroxyl groups is 1. The van der Waals surface area contributed by atoms with Crippen LogP contribution in [0.25, 0.3) is 0 Å². The molecule has 2 atom stereocenters. The van der Waals surface area contributed by atoms with E-state index in [0.29, 0.717) is 0 Å². The van der Waals surface area contributed by atoms with Crippen molar-refractivity contribution in [2.75, 3.05) is 19.6 Å². The Morgan fingerprint density at radius 3 is 2.15 bits per heavy atom. The molecule has 0 unspecified atom stereocenters. The van der Waals surface area contributed by atoms with E-state index in [4.69, 9.17) is 0 Å². The van der Waals surface area contributed by atoms with Gasteiger partial charge in [-0.15, -0.1) is 0 Å². The number of hydrogen-bond donors (Lipinski definition) is 1. The van der Waals surface area contributed by atoms with Gasteiger partial charge in [0, 0.05) is 23.9 Å². The minimum absolute atomic E-state index is 0.0454. The smallest absolute Gasteiger partial charge is 0.0628 e. The van der Waals surface area contributed by atoms with Gasteiger partial charge in [0.05, 0.1) is 6.10 Å². The second-order valence-electron chi connectivity index (χ2n) is 9.87. The highest BCUT2D eigenvalue weighted by Gasteiger charge is 2.48. The second-order valence-corrected chi connectivity index (χ2v) is 9.87. The molecule has 0 bridgehead atoms. The van der Waals surface area contributed by atoms with Gasteiger partial charge in [0.2, 0.25) is 0 Å². The van der Waals surface area contributed by atoms with Gasteiger partial charge in [0.15, 0.2) is 0 Å². The standard InChI is InChI=1S/C24H45NO/c1-5-6-7-8-9-10-11-12-13-14-18-25-19-16-21-23(2,3)22(26)15-17-24(21,4)20-25/h16,22,26H,5-15,17-20H2,1-4H3/t22-,24+/m0/s1. The average Bonchev–Trinajstić information content (AvgIpc) is 2.60. The van der Waals surface area contributed by atoms with Crippen molar-refractivity contribution in [3.63, 3.8) is 0 Å². The third-order valence-electron chi connectivity index (χ3n) is 7.10. The number of hydrogen-bond acceptors (Lipinski definition) is 2. The number of rotatable bonds is 11. The van der Waals surface area contributed by atoms with E-state index in [0.717, 1.165) is 19.4 Å². The molecule has 1 saturated carbocycles. The number of unbranched alkanes of at least 4 members (excludes halogenated alkanes) is 9. The van der Waals surface area contributed by atoms with Crippen molar-refractivity contribution >= 4 is 0 Å². The monoisotopic (exact) mass is 363 g/mol. The zero-order chi connectivity index (χ0) is 19.0. The molecule has 1 aliphatic carbocycles. The molecule has 0 aromatic rings. The van der Waals surface area contributed by atoms with Gasteiger partial charge >= 0.3 is 0 Å². The maximum absolute atomic E-state index is 10.4. The molecule has 1 fully saturated rings. The molecule has 2 aliphatic rings. The quantitative estimate of drug-likeness (QED) is 0.342. The summed E-state index contributed by atoms with van der Waals surface area (Å²) in [5.74, 6) is 0. The molecule has 1 aliphatic heterocycles. The Balaban J connectivity index is 1.62. The zero-order valence-corrected chi connectivity index (χ0v) is 18.2. The van der Waals surface area contributed by atoms with Crippen LogP contribution in [0.3, 0.4) is 0 Å². The maximum Gasteiger partial charge on any atom is 0.0628 e. The lowest BCUT2D eigenvalue weighted by molar-refractivity contribution is -0.00180. The van der Waals surface area contributed by atoms with E-state index in [2.05, 4.69) is 38.7 Å². The van der Waals surface area contributed by atoms with E-state index < -0.39 is 0 Å². The molecular weight excluding hydrogens is 318 g/mol. The Labute approximate surface area is 163 Å². The molecule has 152 valence electrons. The molecule has 0 spiro atoms. The summed E-state index contributed by atoms with van der Waals surface area (Å²) in [4.78, 5) is 2.65. The number of fused-ring (bicyclic) bond motifs is 1. The van der Waals surface area contributed by atoms with Gasteiger partial charge in [-0.25, -0.2) is 0 Å². The van der Waals surface area contributed by atoms with Crippen molar-refractivity contribution in [3.05, 3.63) is 11.6 Å². The number of nitrogens with zero attached hydrogens (tertiary/aromatic N) is 1. The molecule has 0 amide bonds. The van der Waals surface area contributed by atoms with E-state index in [-0.39, 0.29) is 16.9 Å². The van der Waals surface area contributed by atoms with Gasteiger partial charge in [0.25, 0.3) is 0 Å². The van der Waals surface area contributed by atoms with Gasteiger partial charge in [-0.3, -0.25) is 4.90 Å². The van der Waals surface area contributed by atoms with Crippen LogP contribution in [0.5, 0.6) is 0 Å². The first-order valence-corrected chi connectivity index (χ1v) is 11.5. The first-order valence-electron chi connectivity index (χ1n) is 11.5. The number of aliphatic hydroxyl groups excluding tert-OH is 1. The maximum atomic E-state index is 10.4. The molecule has 26 heavy (non-hydrogen) atoms. The molecule has 2 rings (SSSR count). The summed E-state index contributed by atoms with van der Waals surface area (Å²) in [5.41, 5.74) is 1.75. The van der Waals surface area contributed by atoms with E-state index in [1.54, 1.807) is 0 Å². The normalized spacial score (nSPS) is 28.7. The van der Waals surface area contributed by atoms with E-state index >= 15 is 0 Å². The SMILES string of the molecule is CCCCCCCCCCCCN1CC=C2C(C)(C)[C@@H](O)CC[C@]2(C)C1. The highest BCUT2D eigenvalue weighted by molar-refractivity contribution is 5.28. The largest absolute Gasteiger partial charge is 0.392 e. The van der Waals surface area contributed by atoms with Crippen molar-refractivity contribution in [1.82, 2.24) is 4.90 Å². The fraction of sp³-hybridized carbons (Fsp3) is 0.917. The topological polar surface area (TPSA) is 23.5 Å². The lowest BCUT2D eigenvalue weighted by atomic mass is 9.58. The molecule has 1 N–H and O–H groups in total. The minimum Gasteiger partial charge on any atom is -0.392 e. The summed E-state index contributed by atoms with van der Waals surface area (Å²) >= 11 is 0. The van der Waals surface area contributed by atoms with Gasteiger partial charge in [-0.2, -0.15) is 0 Å². The summed E-state index contributed by atoms with van der Waals surface area (Å²) in [6.45, 7) is 12.7. The summed E-state index contributed by atoms with van der Waals surface area (Å²) in [5, 5.41) is 10.4. The molecule has 1 heterocycles. The third kappa shape index (κ3) is 5.83. The van der Waals surface area contributed by atoms with Crippen LogP contribution in [0, 0.1) is 10.8 Å². The fourth-order valence-electron chi connectivity index (χ4n) is 5.35. The van der Waals surface area contributed by atoms with Crippen LogP contribution < -0.4 is 0 Å². The van der Waals surface area contributed by atoms with E-state index in [9.17, 15) is 5.11 Å². The highest BCUT2D eigenvalue weighted by Crippen LogP contribution is 2.52. The Bertz CT molecular complexity index is 441. The van der Waals surface area contributed by atoms with Crippen LogP contribution >= 0.6 is 0 Å². The van der Waals surface area contributed by atoms with Crippen LogP contribution in [-0.2, 0) is 0 Å². The zero-order valence-electron chi connectivity index (χ0n) is 18.2. The van der Waals surface area contributed by atoms with Crippen LogP contribution in [0.1, 0.15) is 105 Å². The van der Waals surface area contributed by atoms with Crippen molar-refractivity contribution < 1.29 is 5.11 Å². The van der Waals surface area contributed by atoms with Crippen molar-refractivity contribution in [2.24, 2.45) is 10.8 Å². The predicted octanol–water partition coefficient (Wildman–Crippen LogP) is 6.34. The van der Waals surface area contributed by atoms with Crippen molar-refractivity contribution in [2.45, 2.75) is 111 Å². The first-order chi connectivity index (χ1) is 12.4. The fourth-order valence-corrected chi connectivity index (χ4v) is 5.35. The summed E-state index contributed by atoms with van der Waals surface area (Å²) < 4.78 is 0. The first kappa shape index (κ1) is 22.0. The molecule has 0 radical (unpaired) electrons. The van der Waals surface area contributed by atoms with Crippen LogP contribution in [0.15, 0.2) is 11.6 Å². The third-order valence-corrected chi connectivity index (χ3v) is 7.10. The highest BCUT2D eigenvalue weighted by atomic mass is 16.3. The van der Waals surface area contributed by atoms with E-state index in [1.807, 2.05) is 0 Å². The summed E-state index contributed by atoms with van der Waals surface area (Å²) in [7, 11) is 0. The van der Waals surface area contributed by atoms with Gasteiger partial charge in [0.1, 0.15) is 0 Å². The Morgan fingerprint density at radius 2 is 1.54 bits per heavy atom.